The smallest absolute Gasteiger partial charge is 0.262 e. The molecule has 0 saturated heterocycles. The molecule has 7 heteroatoms. The van der Waals surface area contributed by atoms with Gasteiger partial charge in [0.25, 0.3) is 5.91 Å². The number of rotatable bonds is 3. The van der Waals surface area contributed by atoms with Gasteiger partial charge in [-0.05, 0) is 35.9 Å². The molecule has 0 radical (unpaired) electrons. The quantitative estimate of drug-likeness (QED) is 0.688. The van der Waals surface area contributed by atoms with E-state index in [1.165, 1.54) is 0 Å². The van der Waals surface area contributed by atoms with Gasteiger partial charge in [-0.15, -0.1) is 0 Å². The Kier molecular flexibility index (Phi) is 3.38. The standard InChI is InChI=1S/C17H14N4O3/c22-16(19-12-3-2-11-8-18-21-13(11)7-12)6-10-1-4-15-14(5-10)20-17(23)9-24-15/h1-5,7-8H,6,9H2,(H,18,21)(H,19,22)(H,20,23). The first-order chi connectivity index (χ1) is 11.7. The largest absolute Gasteiger partial charge is 0.482 e. The molecule has 0 aliphatic carbocycles. The lowest BCUT2D eigenvalue weighted by atomic mass is 10.1. The molecule has 2 aromatic carbocycles. The van der Waals surface area contributed by atoms with Gasteiger partial charge in [0.2, 0.25) is 5.91 Å². The number of ether oxygens (including phenoxy) is 1. The molecule has 0 spiro atoms. The maximum absolute atomic E-state index is 12.2. The van der Waals surface area contributed by atoms with E-state index in [-0.39, 0.29) is 24.8 Å². The maximum atomic E-state index is 12.2. The summed E-state index contributed by atoms with van der Waals surface area (Å²) in [4.78, 5) is 23.6. The van der Waals surface area contributed by atoms with E-state index in [0.717, 1.165) is 16.5 Å². The van der Waals surface area contributed by atoms with Gasteiger partial charge < -0.3 is 15.4 Å². The summed E-state index contributed by atoms with van der Waals surface area (Å²) in [7, 11) is 0. The van der Waals surface area contributed by atoms with Gasteiger partial charge in [-0.2, -0.15) is 5.10 Å². The van der Waals surface area contributed by atoms with Gasteiger partial charge in [0.05, 0.1) is 23.8 Å². The minimum atomic E-state index is -0.197. The third kappa shape index (κ3) is 2.79. The van der Waals surface area contributed by atoms with Crippen molar-refractivity contribution in [1.82, 2.24) is 10.2 Å². The summed E-state index contributed by atoms with van der Waals surface area (Å²) in [6.07, 6.45) is 1.93. The number of carbonyl (C=O) groups excluding carboxylic acids is 2. The molecule has 0 unspecified atom stereocenters. The van der Waals surface area contributed by atoms with Gasteiger partial charge in [0.1, 0.15) is 5.75 Å². The Bertz CT molecular complexity index is 948. The average Bonchev–Trinajstić information content (AvgIpc) is 3.02. The predicted octanol–water partition coefficient (Wildman–Crippen LogP) is 2.07. The minimum Gasteiger partial charge on any atom is -0.482 e. The molecule has 3 N–H and O–H groups in total. The fraction of sp³-hybridized carbons (Fsp3) is 0.118. The number of H-pyrrole nitrogens is 1. The maximum Gasteiger partial charge on any atom is 0.262 e. The highest BCUT2D eigenvalue weighted by Crippen LogP contribution is 2.28. The summed E-state index contributed by atoms with van der Waals surface area (Å²) in [6.45, 7) is 0.0168. The van der Waals surface area contributed by atoms with Gasteiger partial charge in [-0.1, -0.05) is 6.07 Å². The zero-order valence-corrected chi connectivity index (χ0v) is 12.6. The van der Waals surface area contributed by atoms with E-state index in [4.69, 9.17) is 4.74 Å². The third-order valence-corrected chi connectivity index (χ3v) is 3.77. The Morgan fingerprint density at radius 1 is 1.25 bits per heavy atom. The lowest BCUT2D eigenvalue weighted by Gasteiger charge is -2.18. The number of amides is 2. The molecule has 0 fully saturated rings. The summed E-state index contributed by atoms with van der Waals surface area (Å²) < 4.78 is 5.30. The van der Waals surface area contributed by atoms with E-state index in [1.54, 1.807) is 18.3 Å². The number of nitrogens with zero attached hydrogens (tertiary/aromatic N) is 1. The first kappa shape index (κ1) is 14.3. The molecule has 1 aliphatic heterocycles. The third-order valence-electron chi connectivity index (χ3n) is 3.77. The fourth-order valence-electron chi connectivity index (χ4n) is 2.65. The van der Waals surface area contributed by atoms with Crippen LogP contribution in [-0.2, 0) is 16.0 Å². The normalized spacial score (nSPS) is 13.1. The Labute approximate surface area is 137 Å². The molecule has 0 saturated carbocycles. The van der Waals surface area contributed by atoms with E-state index in [0.29, 0.717) is 17.1 Å². The van der Waals surface area contributed by atoms with Gasteiger partial charge in [-0.3, -0.25) is 14.7 Å². The van der Waals surface area contributed by atoms with Crippen molar-refractivity contribution in [3.05, 3.63) is 48.2 Å². The van der Waals surface area contributed by atoms with Crippen LogP contribution in [0.5, 0.6) is 5.75 Å². The Hall–Kier alpha value is -3.35. The first-order valence-corrected chi connectivity index (χ1v) is 7.46. The molecule has 24 heavy (non-hydrogen) atoms. The molecule has 4 rings (SSSR count). The van der Waals surface area contributed by atoms with Gasteiger partial charge in [-0.25, -0.2) is 0 Å². The SMILES string of the molecule is O=C(Cc1ccc2c(c1)NC(=O)CO2)Nc1ccc2cn[nH]c2c1. The van der Waals surface area contributed by atoms with Crippen LogP contribution in [0, 0.1) is 0 Å². The highest BCUT2D eigenvalue weighted by Gasteiger charge is 2.16. The van der Waals surface area contributed by atoms with Crippen LogP contribution in [0.25, 0.3) is 10.9 Å². The van der Waals surface area contributed by atoms with Crippen molar-refractivity contribution in [3.8, 4) is 5.75 Å². The van der Waals surface area contributed by atoms with Crippen molar-refractivity contribution in [2.75, 3.05) is 17.2 Å². The molecular formula is C17H14N4O3. The van der Waals surface area contributed by atoms with Crippen LogP contribution in [-0.4, -0.2) is 28.6 Å². The molecule has 1 aliphatic rings. The molecule has 2 amide bonds. The van der Waals surface area contributed by atoms with Crippen LogP contribution in [0.15, 0.2) is 42.6 Å². The second-order valence-corrected chi connectivity index (χ2v) is 5.56. The van der Waals surface area contributed by atoms with E-state index in [1.807, 2.05) is 24.3 Å². The highest BCUT2D eigenvalue weighted by molar-refractivity contribution is 5.97. The Balaban J connectivity index is 1.47. The first-order valence-electron chi connectivity index (χ1n) is 7.46. The topological polar surface area (TPSA) is 96.1 Å². The number of benzene rings is 2. The fourth-order valence-corrected chi connectivity index (χ4v) is 2.65. The lowest BCUT2D eigenvalue weighted by Crippen LogP contribution is -2.25. The molecule has 0 atom stereocenters. The van der Waals surface area contributed by atoms with Crippen molar-refractivity contribution in [2.24, 2.45) is 0 Å². The van der Waals surface area contributed by atoms with Gasteiger partial charge in [0, 0.05) is 11.1 Å². The van der Waals surface area contributed by atoms with Crippen molar-refractivity contribution < 1.29 is 14.3 Å². The number of aromatic amines is 1. The van der Waals surface area contributed by atoms with Crippen LogP contribution in [0.4, 0.5) is 11.4 Å². The van der Waals surface area contributed by atoms with Crippen molar-refractivity contribution in [2.45, 2.75) is 6.42 Å². The van der Waals surface area contributed by atoms with Crippen LogP contribution in [0.1, 0.15) is 5.56 Å². The molecule has 7 nitrogen and oxygen atoms in total. The summed E-state index contributed by atoms with van der Waals surface area (Å²) in [5.74, 6) is 0.275. The number of fused-ring (bicyclic) bond motifs is 2. The summed E-state index contributed by atoms with van der Waals surface area (Å²) in [6, 6.07) is 10.9. The van der Waals surface area contributed by atoms with Crippen LogP contribution in [0.2, 0.25) is 0 Å². The number of carbonyl (C=O) groups is 2. The summed E-state index contributed by atoms with van der Waals surface area (Å²) >= 11 is 0. The molecule has 2 heterocycles. The van der Waals surface area contributed by atoms with E-state index < -0.39 is 0 Å². The number of aromatic nitrogens is 2. The Morgan fingerprint density at radius 3 is 3.08 bits per heavy atom. The second-order valence-electron chi connectivity index (χ2n) is 5.56. The van der Waals surface area contributed by atoms with Gasteiger partial charge in [0.15, 0.2) is 6.61 Å². The molecule has 120 valence electrons. The molecule has 1 aromatic heterocycles. The van der Waals surface area contributed by atoms with E-state index in [9.17, 15) is 9.59 Å². The van der Waals surface area contributed by atoms with Crippen LogP contribution >= 0.6 is 0 Å². The predicted molar refractivity (Wildman–Crippen MR) is 89.0 cm³/mol. The molecule has 3 aromatic rings. The number of hydrogen-bond donors (Lipinski definition) is 3. The molecular weight excluding hydrogens is 308 g/mol. The van der Waals surface area contributed by atoms with Crippen molar-refractivity contribution in [3.63, 3.8) is 0 Å². The second kappa shape index (κ2) is 5.69. The number of hydrogen-bond acceptors (Lipinski definition) is 4. The number of nitrogens with one attached hydrogen (secondary N) is 3. The van der Waals surface area contributed by atoms with E-state index >= 15 is 0 Å². The summed E-state index contributed by atoms with van der Waals surface area (Å²) in [5, 5.41) is 13.4. The van der Waals surface area contributed by atoms with Crippen molar-refractivity contribution >= 4 is 34.1 Å². The van der Waals surface area contributed by atoms with Crippen molar-refractivity contribution in [1.29, 1.82) is 0 Å². The Morgan fingerprint density at radius 2 is 2.17 bits per heavy atom. The van der Waals surface area contributed by atoms with Gasteiger partial charge >= 0.3 is 0 Å². The monoisotopic (exact) mass is 322 g/mol. The van der Waals surface area contributed by atoms with Crippen LogP contribution < -0.4 is 15.4 Å². The lowest BCUT2D eigenvalue weighted by molar-refractivity contribution is -0.118. The summed E-state index contributed by atoms with van der Waals surface area (Å²) in [5.41, 5.74) is 2.95. The zero-order valence-electron chi connectivity index (χ0n) is 12.6. The zero-order chi connectivity index (χ0) is 16.5. The van der Waals surface area contributed by atoms with Crippen LogP contribution in [0.3, 0.4) is 0 Å². The average molecular weight is 322 g/mol. The molecule has 0 bridgehead atoms. The number of anilines is 2. The minimum absolute atomic E-state index is 0.0168. The highest BCUT2D eigenvalue weighted by atomic mass is 16.5. The van der Waals surface area contributed by atoms with E-state index in [2.05, 4.69) is 20.8 Å².